The summed E-state index contributed by atoms with van der Waals surface area (Å²) in [6.45, 7) is 1.02. The Morgan fingerprint density at radius 3 is 2.64 bits per heavy atom. The van der Waals surface area contributed by atoms with E-state index in [1.807, 2.05) is 6.92 Å². The van der Waals surface area contributed by atoms with Crippen molar-refractivity contribution in [2.24, 2.45) is 11.5 Å². The van der Waals surface area contributed by atoms with Gasteiger partial charge in [0.2, 0.25) is 5.88 Å². The second-order valence-corrected chi connectivity index (χ2v) is 5.84. The number of aryl methyl sites for hydroxylation is 1. The molecule has 9 heteroatoms. The van der Waals surface area contributed by atoms with Crippen LogP contribution in [0.2, 0.25) is 0 Å². The summed E-state index contributed by atoms with van der Waals surface area (Å²) < 4.78 is 44.0. The van der Waals surface area contributed by atoms with E-state index < -0.39 is 18.8 Å². The molecule has 0 saturated heterocycles. The molecule has 1 aromatic heterocycles. The summed E-state index contributed by atoms with van der Waals surface area (Å²) in [6, 6.07) is 7.66. The number of nitrogens with one attached hydrogen (secondary N) is 1. The second-order valence-electron chi connectivity index (χ2n) is 5.84. The summed E-state index contributed by atoms with van der Waals surface area (Å²) in [5, 5.41) is 2.88. The highest BCUT2D eigenvalue weighted by Gasteiger charge is 2.12. The molecule has 0 atom stereocenters. The third kappa shape index (κ3) is 5.83. The van der Waals surface area contributed by atoms with Gasteiger partial charge in [0, 0.05) is 29.2 Å². The number of ether oxygens (including phenoxy) is 1. The van der Waals surface area contributed by atoms with E-state index in [4.69, 9.17) is 21.9 Å². The van der Waals surface area contributed by atoms with Gasteiger partial charge < -0.3 is 27.3 Å². The van der Waals surface area contributed by atoms with Crippen LogP contribution < -0.4 is 22.5 Å². The molecule has 0 spiro atoms. The minimum Gasteiger partial charge on any atom is -0.472 e. The van der Waals surface area contributed by atoms with Crippen LogP contribution in [0.4, 0.5) is 24.7 Å². The predicted molar refractivity (Wildman–Crippen MR) is 103 cm³/mol. The normalized spacial score (nSPS) is 12.7. The SMILES string of the molecule is CCc1ccc(F)c(/C(N)=C/C(Nc2ccnc(N)c2)=C(\N)OCC(F)F)c1. The number of nitrogens with two attached hydrogens (primary N) is 3. The highest BCUT2D eigenvalue weighted by Crippen LogP contribution is 2.21. The Balaban J connectivity index is 2.42. The average molecular weight is 393 g/mol. The van der Waals surface area contributed by atoms with Crippen LogP contribution in [0.5, 0.6) is 0 Å². The molecule has 0 aliphatic rings. The fraction of sp³-hybridized carbons (Fsp3) is 0.211. The molecular weight excluding hydrogens is 371 g/mol. The van der Waals surface area contributed by atoms with E-state index in [-0.39, 0.29) is 28.7 Å². The molecule has 2 rings (SSSR count). The molecule has 0 amide bonds. The molecule has 28 heavy (non-hydrogen) atoms. The quantitative estimate of drug-likeness (QED) is 0.405. The summed E-state index contributed by atoms with van der Waals surface area (Å²) in [4.78, 5) is 3.86. The molecule has 2 aromatic rings. The highest BCUT2D eigenvalue weighted by molar-refractivity contribution is 5.69. The number of nitrogen functional groups attached to an aromatic ring is 1. The Bertz CT molecular complexity index is 884. The zero-order chi connectivity index (χ0) is 20.7. The van der Waals surface area contributed by atoms with Gasteiger partial charge >= 0.3 is 0 Å². The molecule has 6 nitrogen and oxygen atoms in total. The Labute approximate surface area is 160 Å². The number of allylic oxidation sites excluding steroid dienone is 1. The van der Waals surface area contributed by atoms with E-state index in [0.717, 1.165) is 5.56 Å². The van der Waals surface area contributed by atoms with Crippen molar-refractivity contribution in [2.45, 2.75) is 19.8 Å². The Hall–Kier alpha value is -3.36. The van der Waals surface area contributed by atoms with Crippen LogP contribution in [-0.4, -0.2) is 18.0 Å². The zero-order valence-electron chi connectivity index (χ0n) is 15.3. The summed E-state index contributed by atoms with van der Waals surface area (Å²) in [7, 11) is 0. The third-order valence-electron chi connectivity index (χ3n) is 3.74. The minimum atomic E-state index is -2.71. The molecule has 7 N–H and O–H groups in total. The highest BCUT2D eigenvalue weighted by atomic mass is 19.3. The van der Waals surface area contributed by atoms with Gasteiger partial charge in [-0.25, -0.2) is 18.2 Å². The van der Waals surface area contributed by atoms with Crippen LogP contribution in [0.15, 0.2) is 54.2 Å². The lowest BCUT2D eigenvalue weighted by atomic mass is 10.1. The van der Waals surface area contributed by atoms with Crippen molar-refractivity contribution >= 4 is 17.2 Å². The van der Waals surface area contributed by atoms with Crippen molar-refractivity contribution in [1.29, 1.82) is 0 Å². The molecule has 0 saturated carbocycles. The summed E-state index contributed by atoms with van der Waals surface area (Å²) in [6.07, 6.45) is 0.742. The summed E-state index contributed by atoms with van der Waals surface area (Å²) in [5.74, 6) is -0.619. The van der Waals surface area contributed by atoms with Gasteiger partial charge in [-0.1, -0.05) is 13.0 Å². The van der Waals surface area contributed by atoms with Gasteiger partial charge in [-0.15, -0.1) is 0 Å². The van der Waals surface area contributed by atoms with Crippen LogP contribution in [0.3, 0.4) is 0 Å². The van der Waals surface area contributed by atoms with E-state index >= 15 is 0 Å². The number of halogens is 3. The van der Waals surface area contributed by atoms with Crippen LogP contribution in [0, 0.1) is 5.82 Å². The Morgan fingerprint density at radius 2 is 2.00 bits per heavy atom. The number of anilines is 2. The molecule has 150 valence electrons. The lowest BCUT2D eigenvalue weighted by molar-refractivity contribution is 0.0472. The van der Waals surface area contributed by atoms with Crippen molar-refractivity contribution < 1.29 is 17.9 Å². The van der Waals surface area contributed by atoms with Crippen LogP contribution in [-0.2, 0) is 11.2 Å². The van der Waals surface area contributed by atoms with Crippen molar-refractivity contribution in [3.8, 4) is 0 Å². The monoisotopic (exact) mass is 393 g/mol. The maximum Gasteiger partial charge on any atom is 0.272 e. The van der Waals surface area contributed by atoms with Gasteiger partial charge in [0.25, 0.3) is 6.43 Å². The lowest BCUT2D eigenvalue weighted by Gasteiger charge is -2.14. The number of nitrogens with zero attached hydrogens (tertiary/aromatic N) is 1. The summed E-state index contributed by atoms with van der Waals surface area (Å²) >= 11 is 0. The number of pyridine rings is 1. The smallest absolute Gasteiger partial charge is 0.272 e. The van der Waals surface area contributed by atoms with E-state index in [0.29, 0.717) is 12.1 Å². The first-order valence-electron chi connectivity index (χ1n) is 8.45. The largest absolute Gasteiger partial charge is 0.472 e. The average Bonchev–Trinajstić information content (AvgIpc) is 2.65. The van der Waals surface area contributed by atoms with E-state index in [1.165, 1.54) is 24.4 Å². The van der Waals surface area contributed by atoms with Gasteiger partial charge in [-0.3, -0.25) is 0 Å². The molecule has 0 aliphatic carbocycles. The fourth-order valence-electron chi connectivity index (χ4n) is 2.33. The number of rotatable bonds is 8. The van der Waals surface area contributed by atoms with Gasteiger partial charge in [-0.05, 0) is 36.3 Å². The van der Waals surface area contributed by atoms with Crippen molar-refractivity contribution in [3.63, 3.8) is 0 Å². The van der Waals surface area contributed by atoms with Crippen LogP contribution in [0.25, 0.3) is 5.70 Å². The molecule has 1 heterocycles. The Kier molecular flexibility index (Phi) is 7.14. The first-order chi connectivity index (χ1) is 13.3. The number of aromatic nitrogens is 1. The van der Waals surface area contributed by atoms with Crippen molar-refractivity contribution in [3.05, 3.63) is 71.1 Å². The maximum absolute atomic E-state index is 14.2. The zero-order valence-corrected chi connectivity index (χ0v) is 15.3. The fourth-order valence-corrected chi connectivity index (χ4v) is 2.33. The van der Waals surface area contributed by atoms with E-state index in [1.54, 1.807) is 18.2 Å². The van der Waals surface area contributed by atoms with Crippen LogP contribution in [0.1, 0.15) is 18.1 Å². The molecule has 0 fully saturated rings. The minimum absolute atomic E-state index is 0.0425. The lowest BCUT2D eigenvalue weighted by Crippen LogP contribution is -2.16. The van der Waals surface area contributed by atoms with Gasteiger partial charge in [0.1, 0.15) is 17.3 Å². The van der Waals surface area contributed by atoms with Crippen molar-refractivity contribution in [2.75, 3.05) is 17.7 Å². The first kappa shape index (κ1) is 20.9. The van der Waals surface area contributed by atoms with Gasteiger partial charge in [0.05, 0.1) is 0 Å². The first-order valence-corrected chi connectivity index (χ1v) is 8.45. The summed E-state index contributed by atoms with van der Waals surface area (Å²) in [5.41, 5.74) is 19.1. The number of benzene rings is 1. The topological polar surface area (TPSA) is 112 Å². The third-order valence-corrected chi connectivity index (χ3v) is 3.74. The van der Waals surface area contributed by atoms with Crippen LogP contribution >= 0.6 is 0 Å². The molecule has 0 radical (unpaired) electrons. The van der Waals surface area contributed by atoms with Gasteiger partial charge in [0.15, 0.2) is 6.61 Å². The standard InChI is InChI=1S/C19H22F3N5O/c1-2-11-3-4-14(20)13(7-11)15(23)9-16(19(25)28-10-17(21)22)27-12-5-6-26-18(24)8-12/h3-9,17H,2,10,23,25H2,1H3,(H3,24,26,27)/b15-9-,19-16-. The predicted octanol–water partition coefficient (Wildman–Crippen LogP) is 3.19. The number of alkyl halides is 2. The van der Waals surface area contributed by atoms with Crippen molar-refractivity contribution in [1.82, 2.24) is 4.98 Å². The van der Waals surface area contributed by atoms with E-state index in [2.05, 4.69) is 10.3 Å². The molecular formula is C19H22F3N5O. The molecule has 1 aromatic carbocycles. The number of hydrogen-bond donors (Lipinski definition) is 4. The maximum atomic E-state index is 14.2. The van der Waals surface area contributed by atoms with E-state index in [9.17, 15) is 13.2 Å². The molecule has 0 aliphatic heterocycles. The van der Waals surface area contributed by atoms with Gasteiger partial charge in [-0.2, -0.15) is 0 Å². The molecule has 0 bridgehead atoms. The second kappa shape index (κ2) is 9.54. The number of hydrogen-bond acceptors (Lipinski definition) is 6. The molecule has 0 unspecified atom stereocenters. The Morgan fingerprint density at radius 1 is 1.25 bits per heavy atom.